The van der Waals surface area contributed by atoms with Crippen molar-refractivity contribution in [1.82, 2.24) is 21.0 Å². The Labute approximate surface area is 229 Å². The fraction of sp³-hybridized carbons (Fsp3) is 0.414. The smallest absolute Gasteiger partial charge is 0.255 e. The van der Waals surface area contributed by atoms with Crippen LogP contribution in [-0.2, 0) is 33.9 Å². The molecule has 3 amide bonds. The number of hydroxylamine groups is 1. The van der Waals surface area contributed by atoms with Gasteiger partial charge < -0.3 is 30.3 Å². The monoisotopic (exact) mass is 538 g/mol. The van der Waals surface area contributed by atoms with E-state index in [9.17, 15) is 24.0 Å². The minimum Gasteiger partial charge on any atom is -0.357 e. The van der Waals surface area contributed by atoms with Crippen molar-refractivity contribution in [2.75, 3.05) is 14.1 Å². The van der Waals surface area contributed by atoms with Crippen molar-refractivity contribution >= 4 is 30.3 Å². The van der Waals surface area contributed by atoms with Crippen molar-refractivity contribution in [2.45, 2.75) is 64.1 Å². The van der Waals surface area contributed by atoms with Crippen LogP contribution in [0.25, 0.3) is 0 Å². The second kappa shape index (κ2) is 16.8. The Morgan fingerprint density at radius 2 is 1.64 bits per heavy atom. The largest absolute Gasteiger partial charge is 0.357 e. The van der Waals surface area contributed by atoms with Crippen LogP contribution >= 0.6 is 0 Å². The quantitative estimate of drug-likeness (QED) is 0.164. The number of nitrogens with zero attached hydrogens (tertiary/aromatic N) is 1. The normalized spacial score (nSPS) is 12.6. The van der Waals surface area contributed by atoms with E-state index in [-0.39, 0.29) is 37.1 Å². The van der Waals surface area contributed by atoms with Gasteiger partial charge in [-0.3, -0.25) is 14.4 Å². The maximum Gasteiger partial charge on any atom is 0.255 e. The van der Waals surface area contributed by atoms with Crippen LogP contribution in [0.4, 0.5) is 0 Å². The molecule has 1 unspecified atom stereocenters. The molecule has 0 fully saturated rings. The Hall–Kier alpha value is -3.89. The number of likely N-dealkylation sites (N-methyl/N-ethyl adjacent to an activating group) is 1. The number of aldehydes is 2. The predicted octanol–water partition coefficient (Wildman–Crippen LogP) is 2.56. The van der Waals surface area contributed by atoms with E-state index in [4.69, 9.17) is 5.21 Å². The van der Waals surface area contributed by atoms with Gasteiger partial charge in [0.2, 0.25) is 5.91 Å². The molecular formula is C29H38N4O6. The zero-order valence-corrected chi connectivity index (χ0v) is 22.6. The topological polar surface area (TPSA) is 145 Å². The lowest BCUT2D eigenvalue weighted by Gasteiger charge is -2.25. The predicted molar refractivity (Wildman–Crippen MR) is 146 cm³/mol. The van der Waals surface area contributed by atoms with Gasteiger partial charge in [0, 0.05) is 51.2 Å². The standard InChI is InChI=1S/C28H33N3O5.CH5NO/c1-29-27(35)25(8-6-16-33)31-19-23-17-21(11-14-24(23)28(31)36)18-30-26(34)22-12-9-20(10-13-22)7-4-2-3-5-15-32;1-2-3/h9-17,25H,2-8,18-19H2,1H3,(H,29,35)(H,30,34);2-3H,1H3. The lowest BCUT2D eigenvalue weighted by Crippen LogP contribution is -2.46. The highest BCUT2D eigenvalue weighted by Crippen LogP contribution is 2.27. The molecule has 0 radical (unpaired) electrons. The highest BCUT2D eigenvalue weighted by Gasteiger charge is 2.35. The van der Waals surface area contributed by atoms with Crippen molar-refractivity contribution in [3.63, 3.8) is 0 Å². The van der Waals surface area contributed by atoms with Gasteiger partial charge in [-0.15, -0.1) is 0 Å². The molecule has 210 valence electrons. The van der Waals surface area contributed by atoms with Crippen LogP contribution in [0.3, 0.4) is 0 Å². The Balaban J connectivity index is 0.00000170. The average Bonchev–Trinajstić information content (AvgIpc) is 3.27. The molecule has 1 atom stereocenters. The van der Waals surface area contributed by atoms with Crippen LogP contribution < -0.4 is 16.1 Å². The summed E-state index contributed by atoms with van der Waals surface area (Å²) in [6.45, 7) is 0.590. The highest BCUT2D eigenvalue weighted by atomic mass is 16.5. The van der Waals surface area contributed by atoms with E-state index in [0.717, 1.165) is 54.9 Å². The molecule has 1 aliphatic rings. The molecule has 0 saturated heterocycles. The van der Waals surface area contributed by atoms with Crippen molar-refractivity contribution in [1.29, 1.82) is 0 Å². The number of unbranched alkanes of at least 4 members (excludes halogenated alkanes) is 3. The summed E-state index contributed by atoms with van der Waals surface area (Å²) in [7, 11) is 2.94. The molecule has 0 spiro atoms. The summed E-state index contributed by atoms with van der Waals surface area (Å²) < 4.78 is 0. The van der Waals surface area contributed by atoms with E-state index in [2.05, 4.69) is 10.6 Å². The molecule has 10 nitrogen and oxygen atoms in total. The summed E-state index contributed by atoms with van der Waals surface area (Å²) in [4.78, 5) is 60.5. The van der Waals surface area contributed by atoms with Gasteiger partial charge in [0.05, 0.1) is 0 Å². The van der Waals surface area contributed by atoms with E-state index in [1.54, 1.807) is 17.6 Å². The van der Waals surface area contributed by atoms with Gasteiger partial charge >= 0.3 is 0 Å². The number of hydrogen-bond acceptors (Lipinski definition) is 7. The van der Waals surface area contributed by atoms with E-state index >= 15 is 0 Å². The maximum atomic E-state index is 12.9. The zero-order chi connectivity index (χ0) is 28.6. The molecule has 3 rings (SSSR count). The molecule has 0 bridgehead atoms. The van der Waals surface area contributed by atoms with E-state index in [0.29, 0.717) is 24.1 Å². The number of benzene rings is 2. The average molecular weight is 539 g/mol. The van der Waals surface area contributed by atoms with Crippen LogP contribution in [0, 0.1) is 0 Å². The molecule has 2 aromatic carbocycles. The maximum absolute atomic E-state index is 12.9. The summed E-state index contributed by atoms with van der Waals surface area (Å²) in [5.41, 5.74) is 5.67. The molecule has 0 aromatic heterocycles. The second-order valence-corrected chi connectivity index (χ2v) is 9.17. The molecule has 0 aliphatic carbocycles. The molecule has 0 saturated carbocycles. The number of hydrogen-bond donors (Lipinski definition) is 4. The van der Waals surface area contributed by atoms with Crippen LogP contribution in [0.2, 0.25) is 0 Å². The fourth-order valence-corrected chi connectivity index (χ4v) is 4.42. The lowest BCUT2D eigenvalue weighted by molar-refractivity contribution is -0.125. The van der Waals surface area contributed by atoms with Crippen LogP contribution in [0.1, 0.15) is 75.9 Å². The summed E-state index contributed by atoms with van der Waals surface area (Å²) >= 11 is 0. The van der Waals surface area contributed by atoms with Gasteiger partial charge in [-0.2, -0.15) is 0 Å². The van der Waals surface area contributed by atoms with Crippen LogP contribution in [0.5, 0.6) is 0 Å². The Morgan fingerprint density at radius 1 is 0.974 bits per heavy atom. The molecule has 4 N–H and O–H groups in total. The minimum atomic E-state index is -0.706. The minimum absolute atomic E-state index is 0.181. The first-order valence-electron chi connectivity index (χ1n) is 13.1. The van der Waals surface area contributed by atoms with E-state index < -0.39 is 6.04 Å². The van der Waals surface area contributed by atoms with Crippen molar-refractivity contribution in [3.8, 4) is 0 Å². The van der Waals surface area contributed by atoms with Gasteiger partial charge in [0.15, 0.2) is 0 Å². The Morgan fingerprint density at radius 3 is 2.28 bits per heavy atom. The molecule has 10 heteroatoms. The molecule has 2 aromatic rings. The Bertz CT molecular complexity index is 1120. The summed E-state index contributed by atoms with van der Waals surface area (Å²) in [5, 5.41) is 12.8. The number of carbonyl (C=O) groups is 5. The lowest BCUT2D eigenvalue weighted by atomic mass is 10.0. The first-order valence-corrected chi connectivity index (χ1v) is 13.1. The SMILES string of the molecule is CNC(=O)C(CCC=O)N1Cc2cc(CNC(=O)c3ccc(CCCCCC=O)cc3)ccc2C1=O.CNO. The van der Waals surface area contributed by atoms with Crippen LogP contribution in [-0.4, -0.2) is 60.5 Å². The first kappa shape index (κ1) is 31.3. The molecule has 1 aliphatic heterocycles. The van der Waals surface area contributed by atoms with Crippen molar-refractivity contribution in [3.05, 3.63) is 70.3 Å². The number of rotatable bonds is 14. The third-order valence-electron chi connectivity index (χ3n) is 6.44. The molecule has 39 heavy (non-hydrogen) atoms. The van der Waals surface area contributed by atoms with Gasteiger partial charge in [-0.25, -0.2) is 5.48 Å². The number of carbonyl (C=O) groups excluding carboxylic acids is 5. The fourth-order valence-electron chi connectivity index (χ4n) is 4.42. The number of amides is 3. The van der Waals surface area contributed by atoms with Crippen molar-refractivity contribution in [2.24, 2.45) is 0 Å². The first-order chi connectivity index (χ1) is 18.9. The molecular weight excluding hydrogens is 500 g/mol. The van der Waals surface area contributed by atoms with Gasteiger partial charge in [-0.1, -0.05) is 30.7 Å². The third-order valence-corrected chi connectivity index (χ3v) is 6.44. The second-order valence-electron chi connectivity index (χ2n) is 9.17. The van der Waals surface area contributed by atoms with Crippen LogP contribution in [0.15, 0.2) is 42.5 Å². The highest BCUT2D eigenvalue weighted by molar-refractivity contribution is 6.01. The number of nitrogens with one attached hydrogen (secondary N) is 3. The third kappa shape index (κ3) is 9.42. The van der Waals surface area contributed by atoms with Crippen molar-refractivity contribution < 1.29 is 29.2 Å². The summed E-state index contributed by atoms with van der Waals surface area (Å²) in [5.74, 6) is -0.711. The zero-order valence-electron chi connectivity index (χ0n) is 22.6. The van der Waals surface area contributed by atoms with E-state index in [1.807, 2.05) is 30.3 Å². The summed E-state index contributed by atoms with van der Waals surface area (Å²) in [6, 6.07) is 12.2. The number of fused-ring (bicyclic) bond motifs is 1. The van der Waals surface area contributed by atoms with Gasteiger partial charge in [0.25, 0.3) is 11.8 Å². The number of aryl methyl sites for hydroxylation is 1. The van der Waals surface area contributed by atoms with Gasteiger partial charge in [-0.05, 0) is 60.6 Å². The Kier molecular flexibility index (Phi) is 13.5. The molecule has 1 heterocycles. The van der Waals surface area contributed by atoms with Gasteiger partial charge in [0.1, 0.15) is 18.6 Å². The van der Waals surface area contributed by atoms with E-state index in [1.165, 1.54) is 19.0 Å². The summed E-state index contributed by atoms with van der Waals surface area (Å²) in [6.07, 6.45) is 6.61.